The number of benzene rings is 1. The van der Waals surface area contributed by atoms with Gasteiger partial charge >= 0.3 is 0 Å². The first-order valence-electron chi connectivity index (χ1n) is 8.76. The second-order valence-electron chi connectivity index (χ2n) is 6.69. The third-order valence-corrected chi connectivity index (χ3v) is 5.13. The van der Waals surface area contributed by atoms with E-state index >= 15 is 0 Å². The van der Waals surface area contributed by atoms with Gasteiger partial charge in [0.05, 0.1) is 13.8 Å². The first kappa shape index (κ1) is 18.6. The smallest absolute Gasteiger partial charge is 0.217 e. The number of methoxy groups -OCH3 is 1. The third kappa shape index (κ3) is 4.50. The summed E-state index contributed by atoms with van der Waals surface area (Å²) in [5, 5.41) is 4.61. The van der Waals surface area contributed by atoms with E-state index in [9.17, 15) is 4.79 Å². The molecule has 0 spiro atoms. The number of ether oxygens (including phenoxy) is 1. The van der Waals surface area contributed by atoms with Crippen LogP contribution < -0.4 is 10.5 Å². The summed E-state index contributed by atoms with van der Waals surface area (Å²) < 4.78 is 9.58. The maximum Gasteiger partial charge on any atom is 0.217 e. The van der Waals surface area contributed by atoms with E-state index in [4.69, 9.17) is 22.7 Å². The Kier molecular flexibility index (Phi) is 5.73. The molecule has 1 heterocycles. The van der Waals surface area contributed by atoms with Crippen molar-refractivity contribution in [1.29, 1.82) is 0 Å². The lowest BCUT2D eigenvalue weighted by atomic mass is 10.2. The van der Waals surface area contributed by atoms with Crippen molar-refractivity contribution in [3.05, 3.63) is 40.4 Å². The molecular formula is C18H25N5O2S. The van der Waals surface area contributed by atoms with Crippen molar-refractivity contribution in [3.63, 3.8) is 0 Å². The first-order chi connectivity index (χ1) is 12.5. The van der Waals surface area contributed by atoms with Crippen LogP contribution in [0.15, 0.2) is 24.3 Å². The highest BCUT2D eigenvalue weighted by Crippen LogP contribution is 2.29. The molecule has 0 atom stereocenters. The molecule has 1 aromatic carbocycles. The molecule has 1 aromatic heterocycles. The molecule has 140 valence electrons. The summed E-state index contributed by atoms with van der Waals surface area (Å²) >= 11 is 5.52. The van der Waals surface area contributed by atoms with Gasteiger partial charge in [0.25, 0.3) is 0 Å². The quantitative estimate of drug-likeness (QED) is 0.678. The highest BCUT2D eigenvalue weighted by Gasteiger charge is 2.29. The Morgan fingerprint density at radius 1 is 1.38 bits per heavy atom. The first-order valence-corrected chi connectivity index (χ1v) is 9.16. The van der Waals surface area contributed by atoms with Crippen LogP contribution in [0.2, 0.25) is 0 Å². The van der Waals surface area contributed by atoms with Crippen molar-refractivity contribution >= 4 is 18.1 Å². The van der Waals surface area contributed by atoms with Crippen molar-refractivity contribution in [2.45, 2.75) is 44.9 Å². The summed E-state index contributed by atoms with van der Waals surface area (Å²) in [6, 6.07) is 8.70. The molecule has 0 aliphatic heterocycles. The van der Waals surface area contributed by atoms with E-state index < -0.39 is 0 Å². The number of carbonyl (C=O) groups is 1. The predicted molar refractivity (Wildman–Crippen MR) is 101 cm³/mol. The molecule has 26 heavy (non-hydrogen) atoms. The zero-order valence-electron chi connectivity index (χ0n) is 15.2. The molecule has 3 rings (SSSR count). The monoisotopic (exact) mass is 375 g/mol. The van der Waals surface area contributed by atoms with Gasteiger partial charge in [0.1, 0.15) is 11.6 Å². The maximum absolute atomic E-state index is 11.0. The van der Waals surface area contributed by atoms with Crippen LogP contribution in [0.4, 0.5) is 0 Å². The highest BCUT2D eigenvalue weighted by molar-refractivity contribution is 7.71. The number of amides is 1. The number of hydrogen-bond donors (Lipinski definition) is 1. The second kappa shape index (κ2) is 8.01. The Labute approximate surface area is 158 Å². The fourth-order valence-corrected chi connectivity index (χ4v) is 3.15. The largest absolute Gasteiger partial charge is 0.497 e. The molecular weight excluding hydrogens is 350 g/mol. The van der Waals surface area contributed by atoms with Crippen LogP contribution in [0.25, 0.3) is 0 Å². The van der Waals surface area contributed by atoms with E-state index in [1.165, 1.54) is 18.4 Å². The molecule has 1 amide bonds. The van der Waals surface area contributed by atoms with Crippen LogP contribution in [-0.2, 0) is 31.5 Å². The van der Waals surface area contributed by atoms with E-state index in [0.29, 0.717) is 23.9 Å². The van der Waals surface area contributed by atoms with E-state index in [-0.39, 0.29) is 12.3 Å². The molecule has 8 heteroatoms. The van der Waals surface area contributed by atoms with Crippen molar-refractivity contribution in [3.8, 4) is 5.75 Å². The van der Waals surface area contributed by atoms with E-state index in [1.54, 1.807) is 7.11 Å². The SMILES string of the molecule is COc1ccc(CN(Cn2nc(CCC(N)=O)n(C)c2=S)C2CC2)cc1. The number of aromatic nitrogens is 3. The van der Waals surface area contributed by atoms with Gasteiger partial charge in [0, 0.05) is 32.5 Å². The standard InChI is InChI=1S/C18H25N5O2S/c1-21-17(10-9-16(19)24)20-23(18(21)26)12-22(14-5-6-14)11-13-3-7-15(25-2)8-4-13/h3-4,7-8,14H,5-6,9-12H2,1-2H3,(H2,19,24). The predicted octanol–water partition coefficient (Wildman–Crippen LogP) is 2.00. The number of nitrogens with zero attached hydrogens (tertiary/aromatic N) is 4. The minimum absolute atomic E-state index is 0.276. The molecule has 1 aliphatic rings. The van der Waals surface area contributed by atoms with Gasteiger partial charge in [-0.1, -0.05) is 12.1 Å². The fraction of sp³-hybridized carbons (Fsp3) is 0.500. The summed E-state index contributed by atoms with van der Waals surface area (Å²) in [7, 11) is 3.55. The normalized spacial score (nSPS) is 14.0. The van der Waals surface area contributed by atoms with Gasteiger partial charge in [0.15, 0.2) is 4.77 Å². The minimum atomic E-state index is -0.329. The average Bonchev–Trinajstić information content (AvgIpc) is 3.44. The Hall–Kier alpha value is -2.19. The van der Waals surface area contributed by atoms with Crippen LogP contribution >= 0.6 is 12.2 Å². The van der Waals surface area contributed by atoms with Crippen LogP contribution in [0.1, 0.15) is 30.7 Å². The summed E-state index contributed by atoms with van der Waals surface area (Å²) in [5.41, 5.74) is 6.48. The van der Waals surface area contributed by atoms with Gasteiger partial charge < -0.3 is 15.0 Å². The zero-order valence-corrected chi connectivity index (χ0v) is 16.0. The third-order valence-electron chi connectivity index (χ3n) is 4.65. The van der Waals surface area contributed by atoms with Crippen molar-refractivity contribution in [2.24, 2.45) is 12.8 Å². The van der Waals surface area contributed by atoms with E-state index in [2.05, 4.69) is 22.1 Å². The van der Waals surface area contributed by atoms with Crippen molar-refractivity contribution in [2.75, 3.05) is 7.11 Å². The van der Waals surface area contributed by atoms with Crippen LogP contribution in [0, 0.1) is 4.77 Å². The molecule has 1 fully saturated rings. The van der Waals surface area contributed by atoms with Crippen molar-refractivity contribution in [1.82, 2.24) is 19.2 Å². The Balaban J connectivity index is 1.72. The van der Waals surface area contributed by atoms with Gasteiger partial charge in [0.2, 0.25) is 5.91 Å². The number of carbonyl (C=O) groups excluding carboxylic acids is 1. The molecule has 0 radical (unpaired) electrons. The molecule has 7 nitrogen and oxygen atoms in total. The summed E-state index contributed by atoms with van der Waals surface area (Å²) in [5.74, 6) is 1.32. The summed E-state index contributed by atoms with van der Waals surface area (Å²) in [6.45, 7) is 1.48. The average molecular weight is 375 g/mol. The molecule has 0 saturated heterocycles. The van der Waals surface area contributed by atoms with Gasteiger partial charge in [-0.05, 0) is 42.8 Å². The summed E-state index contributed by atoms with van der Waals surface area (Å²) in [6.07, 6.45) is 3.18. The van der Waals surface area contributed by atoms with Crippen LogP contribution in [0.5, 0.6) is 5.75 Å². The Morgan fingerprint density at radius 3 is 2.65 bits per heavy atom. The minimum Gasteiger partial charge on any atom is -0.497 e. The van der Waals surface area contributed by atoms with Gasteiger partial charge in [-0.15, -0.1) is 0 Å². The number of nitrogens with two attached hydrogens (primary N) is 1. The summed E-state index contributed by atoms with van der Waals surface area (Å²) in [4.78, 5) is 13.4. The molecule has 0 bridgehead atoms. The lowest BCUT2D eigenvalue weighted by molar-refractivity contribution is -0.118. The van der Waals surface area contributed by atoms with E-state index in [1.807, 2.05) is 28.4 Å². The van der Waals surface area contributed by atoms with Crippen LogP contribution in [0.3, 0.4) is 0 Å². The number of primary amides is 1. The zero-order chi connectivity index (χ0) is 18.7. The number of aryl methyl sites for hydroxylation is 1. The molecule has 1 saturated carbocycles. The molecule has 1 aliphatic carbocycles. The molecule has 2 N–H and O–H groups in total. The Morgan fingerprint density at radius 2 is 2.08 bits per heavy atom. The van der Waals surface area contributed by atoms with Gasteiger partial charge in [-0.2, -0.15) is 5.10 Å². The fourth-order valence-electron chi connectivity index (χ4n) is 2.95. The van der Waals surface area contributed by atoms with Gasteiger partial charge in [-0.25, -0.2) is 4.68 Å². The maximum atomic E-state index is 11.0. The Bertz CT molecular complexity index is 823. The molecule has 0 unspecified atom stereocenters. The molecule has 2 aromatic rings. The number of rotatable bonds is 9. The topological polar surface area (TPSA) is 78.3 Å². The lowest BCUT2D eigenvalue weighted by Gasteiger charge is -2.22. The van der Waals surface area contributed by atoms with E-state index in [0.717, 1.165) is 18.1 Å². The highest BCUT2D eigenvalue weighted by atomic mass is 32.1. The van der Waals surface area contributed by atoms with Crippen LogP contribution in [-0.4, -0.2) is 38.3 Å². The van der Waals surface area contributed by atoms with Crippen molar-refractivity contribution < 1.29 is 9.53 Å². The lowest BCUT2D eigenvalue weighted by Crippen LogP contribution is -2.29. The van der Waals surface area contributed by atoms with Gasteiger partial charge in [-0.3, -0.25) is 9.69 Å². The second-order valence-corrected chi connectivity index (χ2v) is 7.06. The number of hydrogen-bond acceptors (Lipinski definition) is 5.